The fourth-order valence-electron chi connectivity index (χ4n) is 2.87. The number of fused-ring (bicyclic) bond motifs is 1. The number of carbonyl (C=O) groups is 1. The quantitative estimate of drug-likeness (QED) is 0.595. The second kappa shape index (κ2) is 7.59. The molecule has 0 fully saturated rings. The van der Waals surface area contributed by atoms with Crippen LogP contribution in [-0.2, 0) is 17.6 Å². The predicted octanol–water partition coefficient (Wildman–Crippen LogP) is 2.33. The highest BCUT2D eigenvalue weighted by molar-refractivity contribution is 5.97. The number of guanidine groups is 1. The molecule has 3 rings (SSSR count). The van der Waals surface area contributed by atoms with Crippen molar-refractivity contribution in [2.45, 2.75) is 25.7 Å². The first-order valence-corrected chi connectivity index (χ1v) is 8.10. The monoisotopic (exact) mass is 323 g/mol. The Morgan fingerprint density at radius 3 is 2.88 bits per heavy atom. The Hall–Kier alpha value is -2.89. The summed E-state index contributed by atoms with van der Waals surface area (Å²) in [5.74, 6) is 0.0122. The van der Waals surface area contributed by atoms with E-state index in [9.17, 15) is 4.79 Å². The maximum Gasteiger partial charge on any atom is 0.246 e. The number of rotatable bonds is 4. The summed E-state index contributed by atoms with van der Waals surface area (Å²) in [5.41, 5.74) is 10.2. The lowest BCUT2D eigenvalue weighted by Crippen LogP contribution is -2.26. The van der Waals surface area contributed by atoms with Gasteiger partial charge in [-0.3, -0.25) is 9.78 Å². The normalized spacial score (nSPS) is 13.9. The van der Waals surface area contributed by atoms with E-state index in [2.05, 4.69) is 26.7 Å². The third-order valence-corrected chi connectivity index (χ3v) is 4.00. The summed E-state index contributed by atoms with van der Waals surface area (Å²) in [7, 11) is 0. The van der Waals surface area contributed by atoms with Gasteiger partial charge < -0.3 is 16.4 Å². The fraction of sp³-hybridized carbons (Fsp3) is 0.278. The SMILES string of the molecule is NC(=NCC(=O)Nc1cccnc1)Nc1cccc2c1CCCC2. The zero-order valence-electron chi connectivity index (χ0n) is 13.5. The second-order valence-electron chi connectivity index (χ2n) is 5.77. The van der Waals surface area contributed by atoms with Crippen molar-refractivity contribution in [1.82, 2.24) is 4.98 Å². The maximum atomic E-state index is 11.9. The van der Waals surface area contributed by atoms with E-state index in [1.807, 2.05) is 12.1 Å². The Kier molecular flexibility index (Phi) is 5.05. The summed E-state index contributed by atoms with van der Waals surface area (Å²) in [6.45, 7) is -0.0389. The zero-order valence-corrected chi connectivity index (χ0v) is 13.5. The highest BCUT2D eigenvalue weighted by Crippen LogP contribution is 2.27. The third kappa shape index (κ3) is 4.10. The van der Waals surface area contributed by atoms with Gasteiger partial charge in [0.2, 0.25) is 5.91 Å². The van der Waals surface area contributed by atoms with Gasteiger partial charge in [0.1, 0.15) is 6.54 Å². The average molecular weight is 323 g/mol. The van der Waals surface area contributed by atoms with Gasteiger partial charge in [0.05, 0.1) is 11.9 Å². The van der Waals surface area contributed by atoms with Gasteiger partial charge in [0, 0.05) is 11.9 Å². The molecule has 6 nitrogen and oxygen atoms in total. The molecule has 0 unspecified atom stereocenters. The van der Waals surface area contributed by atoms with Gasteiger partial charge in [-0.25, -0.2) is 4.99 Å². The maximum absolute atomic E-state index is 11.9. The van der Waals surface area contributed by atoms with Crippen LogP contribution >= 0.6 is 0 Å². The van der Waals surface area contributed by atoms with Crippen LogP contribution in [-0.4, -0.2) is 23.4 Å². The summed E-state index contributed by atoms with van der Waals surface area (Å²) in [5, 5.41) is 5.84. The summed E-state index contributed by atoms with van der Waals surface area (Å²) < 4.78 is 0. The largest absolute Gasteiger partial charge is 0.370 e. The Labute approximate surface area is 141 Å². The van der Waals surface area contributed by atoms with Crippen LogP contribution in [0.15, 0.2) is 47.7 Å². The third-order valence-electron chi connectivity index (χ3n) is 4.00. The number of pyridine rings is 1. The molecule has 0 aliphatic heterocycles. The minimum Gasteiger partial charge on any atom is -0.370 e. The fourth-order valence-corrected chi connectivity index (χ4v) is 2.87. The first-order valence-electron chi connectivity index (χ1n) is 8.10. The van der Waals surface area contributed by atoms with E-state index in [-0.39, 0.29) is 18.4 Å². The van der Waals surface area contributed by atoms with Crippen LogP contribution < -0.4 is 16.4 Å². The van der Waals surface area contributed by atoms with E-state index < -0.39 is 0 Å². The molecule has 24 heavy (non-hydrogen) atoms. The number of hydrogen-bond donors (Lipinski definition) is 3. The van der Waals surface area contributed by atoms with Crippen molar-refractivity contribution in [3.8, 4) is 0 Å². The number of amides is 1. The molecule has 6 heteroatoms. The molecule has 0 spiro atoms. The van der Waals surface area contributed by atoms with Gasteiger partial charge in [0.15, 0.2) is 5.96 Å². The number of nitrogens with zero attached hydrogens (tertiary/aromatic N) is 2. The number of aliphatic imine (C=N–C) groups is 1. The van der Waals surface area contributed by atoms with E-state index in [1.54, 1.807) is 24.5 Å². The van der Waals surface area contributed by atoms with Crippen molar-refractivity contribution >= 4 is 23.2 Å². The number of nitrogens with one attached hydrogen (secondary N) is 2. The molecule has 1 aliphatic rings. The molecule has 0 radical (unpaired) electrons. The summed E-state index contributed by atoms with van der Waals surface area (Å²) in [6, 6.07) is 9.71. The van der Waals surface area contributed by atoms with Gasteiger partial charge in [-0.2, -0.15) is 0 Å². The van der Waals surface area contributed by atoms with E-state index in [0.717, 1.165) is 18.5 Å². The number of nitrogens with two attached hydrogens (primary N) is 1. The number of hydrogen-bond acceptors (Lipinski definition) is 3. The van der Waals surface area contributed by atoms with Crippen LogP contribution in [0.5, 0.6) is 0 Å². The highest BCUT2D eigenvalue weighted by Gasteiger charge is 2.13. The first kappa shape index (κ1) is 16.0. The molecule has 124 valence electrons. The van der Waals surface area contributed by atoms with Crippen molar-refractivity contribution in [3.63, 3.8) is 0 Å². The van der Waals surface area contributed by atoms with Crippen molar-refractivity contribution in [2.75, 3.05) is 17.2 Å². The molecule has 1 heterocycles. The van der Waals surface area contributed by atoms with Crippen molar-refractivity contribution in [1.29, 1.82) is 0 Å². The minimum absolute atomic E-state index is 0.0389. The number of benzene rings is 1. The highest BCUT2D eigenvalue weighted by atomic mass is 16.1. The lowest BCUT2D eigenvalue weighted by Gasteiger charge is -2.19. The van der Waals surface area contributed by atoms with Crippen LogP contribution in [0.4, 0.5) is 11.4 Å². The van der Waals surface area contributed by atoms with Crippen LogP contribution in [0, 0.1) is 0 Å². The second-order valence-corrected chi connectivity index (χ2v) is 5.77. The smallest absolute Gasteiger partial charge is 0.246 e. The molecule has 1 aromatic carbocycles. The lowest BCUT2D eigenvalue weighted by atomic mass is 9.90. The van der Waals surface area contributed by atoms with E-state index in [4.69, 9.17) is 5.73 Å². The summed E-state index contributed by atoms with van der Waals surface area (Å²) >= 11 is 0. The molecule has 0 atom stereocenters. The number of carbonyl (C=O) groups excluding carboxylic acids is 1. The zero-order chi connectivity index (χ0) is 16.8. The molecule has 2 aromatic rings. The molecule has 0 saturated heterocycles. The first-order chi connectivity index (χ1) is 11.7. The molecule has 4 N–H and O–H groups in total. The molecule has 0 saturated carbocycles. The molecule has 0 bridgehead atoms. The Balaban J connectivity index is 1.60. The van der Waals surface area contributed by atoms with Crippen LogP contribution in [0.1, 0.15) is 24.0 Å². The predicted molar refractivity (Wildman–Crippen MR) is 96.1 cm³/mol. The van der Waals surface area contributed by atoms with Crippen LogP contribution in [0.25, 0.3) is 0 Å². The summed E-state index contributed by atoms with van der Waals surface area (Å²) in [6.07, 6.45) is 7.81. The number of anilines is 2. The molecular formula is C18H21N5O. The van der Waals surface area contributed by atoms with E-state index in [1.165, 1.54) is 24.0 Å². The van der Waals surface area contributed by atoms with Crippen molar-refractivity contribution in [3.05, 3.63) is 53.9 Å². The number of aryl methyl sites for hydroxylation is 1. The Morgan fingerprint density at radius 2 is 2.04 bits per heavy atom. The topological polar surface area (TPSA) is 92.4 Å². The minimum atomic E-state index is -0.233. The standard InChI is InChI=1S/C18H21N5O/c19-18(21-12-17(24)22-14-7-4-10-20-11-14)23-16-9-3-6-13-5-1-2-8-15(13)16/h3-4,6-7,9-11H,1-2,5,8,12H2,(H,22,24)(H3,19,21,23). The van der Waals surface area contributed by atoms with Gasteiger partial charge in [-0.15, -0.1) is 0 Å². The van der Waals surface area contributed by atoms with Crippen LogP contribution in [0.2, 0.25) is 0 Å². The van der Waals surface area contributed by atoms with Crippen molar-refractivity contribution in [2.24, 2.45) is 10.7 Å². The summed E-state index contributed by atoms with van der Waals surface area (Å²) in [4.78, 5) is 19.9. The van der Waals surface area contributed by atoms with Gasteiger partial charge in [-0.1, -0.05) is 12.1 Å². The molecule has 1 aromatic heterocycles. The van der Waals surface area contributed by atoms with E-state index >= 15 is 0 Å². The average Bonchev–Trinajstić information content (AvgIpc) is 2.61. The Morgan fingerprint density at radius 1 is 1.17 bits per heavy atom. The van der Waals surface area contributed by atoms with Gasteiger partial charge in [0.25, 0.3) is 0 Å². The molecule has 1 amide bonds. The molecular weight excluding hydrogens is 302 g/mol. The van der Waals surface area contributed by atoms with Crippen molar-refractivity contribution < 1.29 is 4.79 Å². The lowest BCUT2D eigenvalue weighted by molar-refractivity contribution is -0.114. The number of aromatic nitrogens is 1. The molecule has 1 aliphatic carbocycles. The van der Waals surface area contributed by atoms with Gasteiger partial charge in [-0.05, 0) is 55.0 Å². The Bertz CT molecular complexity index is 742. The van der Waals surface area contributed by atoms with Crippen LogP contribution in [0.3, 0.4) is 0 Å². The van der Waals surface area contributed by atoms with Gasteiger partial charge >= 0.3 is 0 Å². The van der Waals surface area contributed by atoms with E-state index in [0.29, 0.717) is 5.69 Å².